The van der Waals surface area contributed by atoms with Gasteiger partial charge in [-0.05, 0) is 23.8 Å². The molecule has 0 atom stereocenters. The molecule has 0 aliphatic rings. The minimum Gasteiger partial charge on any atom is -0.466 e. The van der Waals surface area contributed by atoms with Gasteiger partial charge in [0.1, 0.15) is 22.8 Å². The monoisotopic (exact) mass is 430 g/mol. The third-order valence-electron chi connectivity index (χ3n) is 4.15. The van der Waals surface area contributed by atoms with Crippen molar-refractivity contribution < 1.29 is 46.8 Å². The van der Waals surface area contributed by atoms with Crippen LogP contribution in [-0.4, -0.2) is 23.0 Å². The van der Waals surface area contributed by atoms with Gasteiger partial charge in [-0.15, -0.1) is 5.10 Å². The van der Waals surface area contributed by atoms with Gasteiger partial charge in [0.2, 0.25) is 11.5 Å². The molecule has 0 amide bonds. The molecule has 3 rings (SSSR count). The average Bonchev–Trinajstić information content (AvgIpc) is 3.10. The van der Waals surface area contributed by atoms with Crippen molar-refractivity contribution >= 4 is 22.9 Å². The molecule has 0 saturated heterocycles. The smallest absolute Gasteiger partial charge is 0.330 e. The maximum absolute atomic E-state index is 14.0. The van der Waals surface area contributed by atoms with Crippen molar-refractivity contribution in [2.75, 3.05) is 7.11 Å². The summed E-state index contributed by atoms with van der Waals surface area (Å²) in [7, 11) is 1.10. The number of fused-ring (bicyclic) bond motifs is 1. The number of methoxy groups -OCH3 is 1. The summed E-state index contributed by atoms with van der Waals surface area (Å²) in [6, 6.07) is 3.71. The number of rotatable bonds is 7. The lowest BCUT2D eigenvalue weighted by atomic mass is 10.0. The Morgan fingerprint density at radius 3 is 2.43 bits per heavy atom. The average molecular weight is 430 g/mol. The fourth-order valence-corrected chi connectivity index (χ4v) is 2.82. The number of nitrogens with zero attached hydrogens (tertiary/aromatic N) is 2. The van der Waals surface area contributed by atoms with Gasteiger partial charge in [0.05, 0.1) is 12.5 Å². The first-order valence-electron chi connectivity index (χ1n) is 8.08. The molecule has 0 bridgehead atoms. The molecule has 0 radical (unpaired) electrons. The third-order valence-corrected chi connectivity index (χ3v) is 4.15. The number of carbonyl (C=O) groups excluding carboxylic acids is 1. The van der Waals surface area contributed by atoms with Crippen LogP contribution in [0.15, 0.2) is 30.3 Å². The standard InChI is InChI=1S/C18H11F5N2O5/c1-27-15(26)5-4-13-16-14(25(24-13)30-23)7-10(17(28-21)18(16)29-22)6-9-2-3-11(19)8-12(9)20/h2-5,7-8H,6H2,1H3/b5-4+. The van der Waals surface area contributed by atoms with Crippen LogP contribution in [0.5, 0.6) is 11.5 Å². The van der Waals surface area contributed by atoms with Gasteiger partial charge in [0.25, 0.3) is 0 Å². The Morgan fingerprint density at radius 1 is 1.10 bits per heavy atom. The molecule has 3 aromatic rings. The van der Waals surface area contributed by atoms with Crippen molar-refractivity contribution in [1.82, 2.24) is 9.94 Å². The maximum atomic E-state index is 14.0. The van der Waals surface area contributed by atoms with E-state index >= 15 is 0 Å². The summed E-state index contributed by atoms with van der Waals surface area (Å²) >= 11 is 0. The van der Waals surface area contributed by atoms with Crippen LogP contribution < -0.4 is 14.9 Å². The van der Waals surface area contributed by atoms with Crippen molar-refractivity contribution in [3.8, 4) is 11.5 Å². The molecule has 1 heterocycles. The first-order chi connectivity index (χ1) is 14.4. The van der Waals surface area contributed by atoms with Gasteiger partial charge < -0.3 is 4.74 Å². The number of ether oxygens (including phenoxy) is 1. The first-order valence-corrected chi connectivity index (χ1v) is 8.08. The predicted molar refractivity (Wildman–Crippen MR) is 91.1 cm³/mol. The van der Waals surface area contributed by atoms with Crippen molar-refractivity contribution in [2.45, 2.75) is 6.42 Å². The lowest BCUT2D eigenvalue weighted by Gasteiger charge is -2.10. The van der Waals surface area contributed by atoms with E-state index < -0.39 is 35.5 Å². The van der Waals surface area contributed by atoms with E-state index in [-0.39, 0.29) is 27.7 Å². The van der Waals surface area contributed by atoms with Crippen LogP contribution in [0.25, 0.3) is 17.0 Å². The van der Waals surface area contributed by atoms with Crippen LogP contribution in [0.2, 0.25) is 0 Å². The van der Waals surface area contributed by atoms with Gasteiger partial charge in [0.15, 0.2) is 0 Å². The minimum absolute atomic E-state index is 0.100. The zero-order valence-corrected chi connectivity index (χ0v) is 15.0. The highest BCUT2D eigenvalue weighted by Crippen LogP contribution is 2.42. The third kappa shape index (κ3) is 3.83. The summed E-state index contributed by atoms with van der Waals surface area (Å²) in [5.74, 6) is -4.29. The second kappa shape index (κ2) is 8.68. The van der Waals surface area contributed by atoms with E-state index in [0.29, 0.717) is 10.9 Å². The molecule has 0 saturated carbocycles. The van der Waals surface area contributed by atoms with Crippen molar-refractivity contribution in [2.24, 2.45) is 0 Å². The molecule has 0 fully saturated rings. The highest BCUT2D eigenvalue weighted by molar-refractivity contribution is 5.98. The van der Waals surface area contributed by atoms with Crippen molar-refractivity contribution in [3.05, 3.63) is 58.8 Å². The minimum atomic E-state index is -0.959. The molecule has 0 unspecified atom stereocenters. The number of hydrogen-bond acceptors (Lipinski definition) is 6. The van der Waals surface area contributed by atoms with E-state index in [9.17, 15) is 27.2 Å². The van der Waals surface area contributed by atoms with Crippen LogP contribution in [-0.2, 0) is 16.0 Å². The van der Waals surface area contributed by atoms with E-state index in [2.05, 4.69) is 24.8 Å². The predicted octanol–water partition coefficient (Wildman–Crippen LogP) is 3.93. The quantitative estimate of drug-likeness (QED) is 0.321. The zero-order chi connectivity index (χ0) is 21.8. The Balaban J connectivity index is 2.22. The molecule has 2 aromatic carbocycles. The van der Waals surface area contributed by atoms with Gasteiger partial charge in [-0.1, -0.05) is 10.9 Å². The molecule has 1 aromatic heterocycles. The van der Waals surface area contributed by atoms with Crippen LogP contribution in [0.1, 0.15) is 16.8 Å². The first kappa shape index (κ1) is 20.9. The highest BCUT2D eigenvalue weighted by Gasteiger charge is 2.26. The summed E-state index contributed by atoms with van der Waals surface area (Å²) in [4.78, 5) is 19.0. The summed E-state index contributed by atoms with van der Waals surface area (Å²) in [6.07, 6.45) is 1.47. The Morgan fingerprint density at radius 2 is 1.83 bits per heavy atom. The Hall–Kier alpha value is -3.83. The fourth-order valence-electron chi connectivity index (χ4n) is 2.82. The van der Waals surface area contributed by atoms with Gasteiger partial charge in [-0.2, -0.15) is 5.04 Å². The van der Waals surface area contributed by atoms with E-state index in [4.69, 9.17) is 0 Å². The molecule has 0 aliphatic carbocycles. The van der Waals surface area contributed by atoms with Crippen molar-refractivity contribution in [3.63, 3.8) is 0 Å². The summed E-state index contributed by atoms with van der Waals surface area (Å²) < 4.78 is 71.1. The molecule has 158 valence electrons. The number of halogens is 5. The Labute approximate surface area is 164 Å². The lowest BCUT2D eigenvalue weighted by molar-refractivity contribution is -0.146. The van der Waals surface area contributed by atoms with Crippen LogP contribution in [0, 0.1) is 11.6 Å². The van der Waals surface area contributed by atoms with E-state index in [1.807, 2.05) is 0 Å². The number of carbonyl (C=O) groups is 1. The van der Waals surface area contributed by atoms with Gasteiger partial charge in [0, 0.05) is 37.7 Å². The highest BCUT2D eigenvalue weighted by atomic mass is 19.3. The molecule has 12 heteroatoms. The molecular weight excluding hydrogens is 419 g/mol. The molecule has 0 N–H and O–H groups in total. The fraction of sp³-hybridized carbons (Fsp3) is 0.111. The normalized spacial score (nSPS) is 11.1. The van der Waals surface area contributed by atoms with E-state index in [1.165, 1.54) is 0 Å². The second-order valence-corrected chi connectivity index (χ2v) is 5.84. The van der Waals surface area contributed by atoms with Crippen LogP contribution >= 0.6 is 0 Å². The lowest BCUT2D eigenvalue weighted by Crippen LogP contribution is -2.04. The Kier molecular flexibility index (Phi) is 6.04. The summed E-state index contributed by atoms with van der Waals surface area (Å²) in [5, 5.41) is 6.90. The van der Waals surface area contributed by atoms with Gasteiger partial charge in [-0.25, -0.2) is 13.6 Å². The Bertz CT molecular complexity index is 1130. The second-order valence-electron chi connectivity index (χ2n) is 5.84. The molecular formula is C18H11F5N2O5. The van der Waals surface area contributed by atoms with Gasteiger partial charge in [-0.3, -0.25) is 9.88 Å². The van der Waals surface area contributed by atoms with Gasteiger partial charge >= 0.3 is 5.97 Å². The SMILES string of the molecule is COC(=O)/C=C/c1nn(OF)c2cc(Cc3ccc(F)cc3F)c(OF)c(OF)c12. The molecule has 30 heavy (non-hydrogen) atoms. The molecule has 0 spiro atoms. The number of aromatic nitrogens is 2. The number of esters is 1. The summed E-state index contributed by atoms with van der Waals surface area (Å²) in [5.41, 5.74) is -0.840. The largest absolute Gasteiger partial charge is 0.466 e. The van der Waals surface area contributed by atoms with E-state index in [1.54, 1.807) is 0 Å². The number of hydrogen-bond donors (Lipinski definition) is 0. The zero-order valence-electron chi connectivity index (χ0n) is 15.0. The van der Waals surface area contributed by atoms with Crippen LogP contribution in [0.3, 0.4) is 0 Å². The summed E-state index contributed by atoms with van der Waals surface area (Å²) in [6.45, 7) is 0. The van der Waals surface area contributed by atoms with E-state index in [0.717, 1.165) is 37.5 Å². The van der Waals surface area contributed by atoms with Crippen molar-refractivity contribution in [1.29, 1.82) is 0 Å². The topological polar surface area (TPSA) is 71.8 Å². The molecule has 7 nitrogen and oxygen atoms in total. The number of benzene rings is 2. The molecule has 0 aliphatic heterocycles. The maximum Gasteiger partial charge on any atom is 0.330 e. The van der Waals surface area contributed by atoms with Crippen LogP contribution in [0.4, 0.5) is 22.4 Å².